The molecule has 3 aromatic carbocycles. The van der Waals surface area contributed by atoms with Crippen molar-refractivity contribution in [1.82, 2.24) is 9.78 Å². The number of benzene rings is 3. The average molecular weight is 544 g/mol. The van der Waals surface area contributed by atoms with Crippen LogP contribution in [0.2, 0.25) is 10.0 Å². The molecule has 1 N–H and O–H groups in total. The number of anilines is 1. The number of aromatic carboxylic acids is 1. The Balaban J connectivity index is 0.00000380. The number of hydrogen-bond acceptors (Lipinski definition) is 4. The van der Waals surface area contributed by atoms with E-state index in [1.165, 1.54) is 0 Å². The third kappa shape index (κ3) is 6.60. The molecule has 5 nitrogen and oxygen atoms in total. The van der Waals surface area contributed by atoms with E-state index in [0.29, 0.717) is 22.2 Å². The van der Waals surface area contributed by atoms with Crippen molar-refractivity contribution in [3.8, 4) is 0 Å². The molecule has 1 heterocycles. The van der Waals surface area contributed by atoms with Gasteiger partial charge in [0.25, 0.3) is 0 Å². The number of nitrogens with zero attached hydrogens (tertiary/aromatic N) is 2. The monoisotopic (exact) mass is 543 g/mol. The molecule has 0 radical (unpaired) electrons. The fourth-order valence-electron chi connectivity index (χ4n) is 4.58. The number of carboxylic acid groups (broad SMARTS) is 1. The smallest absolute Gasteiger partial charge is 0.543 e. The number of aromatic nitrogens is 2. The van der Waals surface area contributed by atoms with E-state index in [1.807, 2.05) is 94.4 Å². The van der Waals surface area contributed by atoms with Crippen molar-refractivity contribution >= 4 is 34.9 Å². The predicted molar refractivity (Wildman–Crippen MR) is 144 cm³/mol. The van der Waals surface area contributed by atoms with Gasteiger partial charge in [0.1, 0.15) is 5.69 Å². The molecule has 8 heteroatoms. The Bertz CT molecular complexity index is 1400. The summed E-state index contributed by atoms with van der Waals surface area (Å²) in [5.41, 5.74) is 5.94. The maximum Gasteiger partial charge on any atom is 1.00 e. The van der Waals surface area contributed by atoms with Crippen molar-refractivity contribution in [1.29, 1.82) is 0 Å². The van der Waals surface area contributed by atoms with Crippen LogP contribution >= 0.6 is 23.2 Å². The largest absolute Gasteiger partial charge is 1.00 e. The van der Waals surface area contributed by atoms with Crippen molar-refractivity contribution in [3.05, 3.63) is 116 Å². The molecule has 0 aliphatic heterocycles. The van der Waals surface area contributed by atoms with E-state index in [-0.39, 0.29) is 41.2 Å². The molecule has 0 spiro atoms. The van der Waals surface area contributed by atoms with Crippen LogP contribution in [0.25, 0.3) is 0 Å². The van der Waals surface area contributed by atoms with Crippen LogP contribution in [0.4, 0.5) is 5.69 Å². The molecule has 186 valence electrons. The maximum absolute atomic E-state index is 12.5. The summed E-state index contributed by atoms with van der Waals surface area (Å²) in [7, 11) is 0. The van der Waals surface area contributed by atoms with E-state index in [1.54, 1.807) is 4.68 Å². The van der Waals surface area contributed by atoms with Crippen molar-refractivity contribution in [3.63, 3.8) is 0 Å². The van der Waals surface area contributed by atoms with Gasteiger partial charge in [-0.25, -0.2) is 0 Å². The molecule has 1 atom stereocenters. The van der Waals surface area contributed by atoms with Gasteiger partial charge >= 0.3 is 29.6 Å². The van der Waals surface area contributed by atoms with Gasteiger partial charge in [-0.2, -0.15) is 5.10 Å². The first kappa shape index (κ1) is 29.3. The first-order chi connectivity index (χ1) is 17.2. The zero-order valence-electron chi connectivity index (χ0n) is 21.7. The van der Waals surface area contributed by atoms with E-state index in [2.05, 4.69) is 10.4 Å². The first-order valence-corrected chi connectivity index (χ1v) is 12.6. The van der Waals surface area contributed by atoms with E-state index < -0.39 is 12.0 Å². The van der Waals surface area contributed by atoms with Crippen molar-refractivity contribution in [2.45, 2.75) is 46.2 Å². The summed E-state index contributed by atoms with van der Waals surface area (Å²) >= 11 is 12.6. The van der Waals surface area contributed by atoms with Gasteiger partial charge in [0.05, 0.1) is 18.6 Å². The zero-order chi connectivity index (χ0) is 26.0. The Morgan fingerprint density at radius 1 is 0.973 bits per heavy atom. The first-order valence-electron chi connectivity index (χ1n) is 11.8. The van der Waals surface area contributed by atoms with E-state index >= 15 is 0 Å². The van der Waals surface area contributed by atoms with Crippen LogP contribution in [0.5, 0.6) is 0 Å². The summed E-state index contributed by atoms with van der Waals surface area (Å²) in [4.78, 5) is 12.5. The molecular formula is C29H28Cl2N3NaO2. The molecule has 0 saturated heterocycles. The zero-order valence-corrected chi connectivity index (χ0v) is 25.2. The Morgan fingerprint density at radius 3 is 2.24 bits per heavy atom. The van der Waals surface area contributed by atoms with Gasteiger partial charge in [0.2, 0.25) is 0 Å². The molecule has 0 aliphatic rings. The second kappa shape index (κ2) is 12.5. The molecule has 4 aromatic rings. The van der Waals surface area contributed by atoms with Crippen molar-refractivity contribution < 1.29 is 39.5 Å². The fourth-order valence-corrected chi connectivity index (χ4v) is 4.98. The normalized spacial score (nSPS) is 11.8. The second-order valence-electron chi connectivity index (χ2n) is 9.27. The summed E-state index contributed by atoms with van der Waals surface area (Å²) in [6.45, 7) is 8.46. The van der Waals surface area contributed by atoms with E-state index in [0.717, 1.165) is 33.6 Å². The summed E-state index contributed by atoms with van der Waals surface area (Å²) < 4.78 is 1.78. The SMILES string of the molecule is Cc1ccc(Cl)cc1NC(c1ccc(Cl)cc1C)c1c(C(=O)[O-])nn(Cc2ccccc2)c1C(C)C.[Na+]. The van der Waals surface area contributed by atoms with Crippen LogP contribution in [0.3, 0.4) is 0 Å². The number of carbonyl (C=O) groups excluding carboxylic acids is 1. The maximum atomic E-state index is 12.5. The number of aryl methyl sites for hydroxylation is 2. The molecule has 0 aliphatic carbocycles. The van der Waals surface area contributed by atoms with Gasteiger partial charge < -0.3 is 15.2 Å². The van der Waals surface area contributed by atoms with Gasteiger partial charge in [-0.1, -0.05) is 79.5 Å². The number of carboxylic acids is 1. The van der Waals surface area contributed by atoms with Crippen LogP contribution < -0.4 is 40.0 Å². The molecule has 0 saturated carbocycles. The molecule has 1 aromatic heterocycles. The molecule has 0 bridgehead atoms. The minimum absolute atomic E-state index is 0. The summed E-state index contributed by atoms with van der Waals surface area (Å²) in [5.74, 6) is -1.33. The van der Waals surface area contributed by atoms with Crippen LogP contribution in [-0.2, 0) is 6.54 Å². The number of hydrogen-bond donors (Lipinski definition) is 1. The van der Waals surface area contributed by atoms with Crippen LogP contribution in [0, 0.1) is 13.8 Å². The third-order valence-corrected chi connectivity index (χ3v) is 6.75. The van der Waals surface area contributed by atoms with Gasteiger partial charge in [-0.3, -0.25) is 4.68 Å². The van der Waals surface area contributed by atoms with E-state index in [4.69, 9.17) is 23.2 Å². The van der Waals surface area contributed by atoms with Gasteiger partial charge in [0, 0.05) is 27.0 Å². The van der Waals surface area contributed by atoms with Crippen LogP contribution in [-0.4, -0.2) is 15.7 Å². The standard InChI is InChI=1S/C29H29Cl2N3O2.Na/c1-17(2)28-25(27(29(35)36)33-34(28)16-20-8-6-5-7-9-20)26(23-13-12-21(30)14-19(23)4)32-24-15-22(31)11-10-18(24)3;/h5-15,17,26,32H,16H2,1-4H3,(H,35,36);/q;+1/p-1. The number of rotatable bonds is 8. The summed E-state index contributed by atoms with van der Waals surface area (Å²) in [6.07, 6.45) is 0. The van der Waals surface area contributed by atoms with Gasteiger partial charge in [-0.05, 0) is 66.3 Å². The predicted octanol–water partition coefficient (Wildman–Crippen LogP) is 3.55. The average Bonchev–Trinajstić information content (AvgIpc) is 3.20. The number of nitrogens with one attached hydrogen (secondary N) is 1. The minimum atomic E-state index is -1.32. The molecule has 37 heavy (non-hydrogen) atoms. The minimum Gasteiger partial charge on any atom is -0.543 e. The van der Waals surface area contributed by atoms with Crippen LogP contribution in [0.1, 0.15) is 69.8 Å². The molecule has 1 unspecified atom stereocenters. The molecule has 0 fully saturated rings. The summed E-state index contributed by atoms with van der Waals surface area (Å²) in [6, 6.07) is 20.5. The van der Waals surface area contributed by atoms with E-state index in [9.17, 15) is 9.90 Å². The quantitative estimate of drug-likeness (QED) is 0.345. The molecule has 0 amide bonds. The molecule has 4 rings (SSSR count). The molecular weight excluding hydrogens is 516 g/mol. The van der Waals surface area contributed by atoms with Gasteiger partial charge in [-0.15, -0.1) is 0 Å². The third-order valence-electron chi connectivity index (χ3n) is 6.28. The Labute approximate surface area is 250 Å². The Hall–Kier alpha value is -2.28. The van der Waals surface area contributed by atoms with Crippen molar-refractivity contribution in [2.24, 2.45) is 0 Å². The second-order valence-corrected chi connectivity index (χ2v) is 10.1. The Kier molecular flexibility index (Phi) is 9.90. The van der Waals surface area contributed by atoms with Crippen molar-refractivity contribution in [2.75, 3.05) is 5.32 Å². The summed E-state index contributed by atoms with van der Waals surface area (Å²) in [5, 5.41) is 21.8. The van der Waals surface area contributed by atoms with Crippen LogP contribution in [0.15, 0.2) is 66.7 Å². The topological polar surface area (TPSA) is 70.0 Å². The Morgan fingerprint density at radius 2 is 1.62 bits per heavy atom. The van der Waals surface area contributed by atoms with Gasteiger partial charge in [0.15, 0.2) is 0 Å². The number of carbonyl (C=O) groups is 1. The fraction of sp³-hybridized carbons (Fsp3) is 0.241. The number of halogens is 2.